The lowest BCUT2D eigenvalue weighted by Gasteiger charge is -2.04. The lowest BCUT2D eigenvalue weighted by atomic mass is 10.3. The fraction of sp³-hybridized carbons (Fsp3) is 0.0909. The zero-order chi connectivity index (χ0) is 11.8. The molecule has 0 radical (unpaired) electrons. The lowest BCUT2D eigenvalue weighted by molar-refractivity contribution is -0.131. The summed E-state index contributed by atoms with van der Waals surface area (Å²) in [6.07, 6.45) is 1.89. The number of hydrogen-bond acceptors (Lipinski definition) is 3. The van der Waals surface area contributed by atoms with Gasteiger partial charge in [0.05, 0.1) is 0 Å². The van der Waals surface area contributed by atoms with E-state index in [1.54, 1.807) is 24.3 Å². The largest absolute Gasteiger partial charge is 0.484 e. The monoisotopic (exact) mass is 221 g/mol. The third-order valence-corrected chi connectivity index (χ3v) is 1.58. The Bertz CT molecular complexity index is 386. The maximum Gasteiger partial charge on any atom is 0.329 e. The van der Waals surface area contributed by atoms with Crippen molar-refractivity contribution >= 4 is 11.9 Å². The van der Waals surface area contributed by atoms with E-state index < -0.39 is 11.9 Å². The van der Waals surface area contributed by atoms with E-state index in [2.05, 4.69) is 5.32 Å². The molecule has 0 saturated heterocycles. The molecule has 1 rings (SSSR count). The fourth-order valence-corrected chi connectivity index (χ4v) is 0.913. The first-order valence-corrected chi connectivity index (χ1v) is 4.55. The summed E-state index contributed by atoms with van der Waals surface area (Å²) in [5.41, 5.74) is 0. The Balaban J connectivity index is 2.28. The summed E-state index contributed by atoms with van der Waals surface area (Å²) in [7, 11) is 0. The quantitative estimate of drug-likeness (QED) is 0.720. The van der Waals surface area contributed by atoms with Crippen LogP contribution in [-0.4, -0.2) is 23.6 Å². The van der Waals surface area contributed by atoms with Gasteiger partial charge in [-0.3, -0.25) is 4.79 Å². The van der Waals surface area contributed by atoms with Crippen LogP contribution in [0.1, 0.15) is 0 Å². The Hall–Kier alpha value is -2.30. The van der Waals surface area contributed by atoms with Crippen LogP contribution in [0.5, 0.6) is 5.75 Å². The molecule has 2 N–H and O–H groups in total. The normalized spacial score (nSPS) is 10.0. The number of benzene rings is 1. The maximum absolute atomic E-state index is 11.1. The summed E-state index contributed by atoms with van der Waals surface area (Å²) in [6, 6.07) is 8.86. The van der Waals surface area contributed by atoms with Crippen molar-refractivity contribution in [2.45, 2.75) is 0 Å². The van der Waals surface area contributed by atoms with Crippen LogP contribution in [0.25, 0.3) is 0 Å². The highest BCUT2D eigenvalue weighted by Crippen LogP contribution is 2.07. The highest BCUT2D eigenvalue weighted by molar-refractivity contribution is 5.82. The molecule has 0 bridgehead atoms. The predicted molar refractivity (Wildman–Crippen MR) is 56.9 cm³/mol. The third kappa shape index (κ3) is 4.80. The van der Waals surface area contributed by atoms with Gasteiger partial charge in [0.1, 0.15) is 5.75 Å². The molecule has 0 unspecified atom stereocenters. The van der Waals surface area contributed by atoms with Crippen LogP contribution in [0.2, 0.25) is 0 Å². The van der Waals surface area contributed by atoms with E-state index >= 15 is 0 Å². The molecule has 0 aromatic heterocycles. The molecule has 16 heavy (non-hydrogen) atoms. The Morgan fingerprint density at radius 3 is 2.62 bits per heavy atom. The van der Waals surface area contributed by atoms with Gasteiger partial charge in [-0.25, -0.2) is 4.79 Å². The van der Waals surface area contributed by atoms with E-state index in [1.165, 1.54) is 0 Å². The third-order valence-electron chi connectivity index (χ3n) is 1.58. The van der Waals surface area contributed by atoms with Crippen molar-refractivity contribution < 1.29 is 19.4 Å². The minimum absolute atomic E-state index is 0.159. The lowest BCUT2D eigenvalue weighted by Crippen LogP contribution is -2.24. The van der Waals surface area contributed by atoms with E-state index in [4.69, 9.17) is 9.84 Å². The molecule has 0 saturated carbocycles. The van der Waals surface area contributed by atoms with Gasteiger partial charge in [-0.1, -0.05) is 18.2 Å². The number of nitrogens with one attached hydrogen (secondary N) is 1. The van der Waals surface area contributed by atoms with Crippen molar-refractivity contribution in [1.29, 1.82) is 0 Å². The van der Waals surface area contributed by atoms with Gasteiger partial charge in [0.25, 0.3) is 5.91 Å². The van der Waals surface area contributed by atoms with Gasteiger partial charge >= 0.3 is 5.97 Å². The first kappa shape index (κ1) is 11.8. The molecule has 0 aliphatic carbocycles. The molecule has 1 aromatic carbocycles. The molecule has 84 valence electrons. The Kier molecular flexibility index (Phi) is 4.59. The maximum atomic E-state index is 11.1. The first-order chi connectivity index (χ1) is 7.68. The molecule has 0 fully saturated rings. The number of para-hydroxylation sites is 1. The van der Waals surface area contributed by atoms with Crippen molar-refractivity contribution in [3.8, 4) is 5.75 Å². The molecular weight excluding hydrogens is 210 g/mol. The van der Waals surface area contributed by atoms with Gasteiger partial charge in [0.2, 0.25) is 0 Å². The zero-order valence-corrected chi connectivity index (χ0v) is 8.42. The summed E-state index contributed by atoms with van der Waals surface area (Å²) < 4.78 is 5.13. The number of amides is 1. The molecule has 5 heteroatoms. The van der Waals surface area contributed by atoms with Gasteiger partial charge in [-0.2, -0.15) is 0 Å². The van der Waals surface area contributed by atoms with Gasteiger partial charge in [0.15, 0.2) is 6.61 Å². The Morgan fingerprint density at radius 2 is 2.00 bits per heavy atom. The number of carboxylic acids is 1. The van der Waals surface area contributed by atoms with Crippen molar-refractivity contribution in [1.82, 2.24) is 5.32 Å². The number of carboxylic acid groups (broad SMARTS) is 1. The number of carbonyl (C=O) groups excluding carboxylic acids is 1. The molecule has 0 heterocycles. The van der Waals surface area contributed by atoms with Crippen molar-refractivity contribution in [2.75, 3.05) is 6.61 Å². The summed E-state index contributed by atoms with van der Waals surface area (Å²) in [5, 5.41) is 10.5. The number of aliphatic carboxylic acids is 1. The van der Waals surface area contributed by atoms with Crippen LogP contribution >= 0.6 is 0 Å². The second-order valence-electron chi connectivity index (χ2n) is 2.84. The van der Waals surface area contributed by atoms with Crippen LogP contribution in [0.15, 0.2) is 42.6 Å². The second kappa shape index (κ2) is 6.23. The van der Waals surface area contributed by atoms with Crippen LogP contribution in [0, 0.1) is 0 Å². The predicted octanol–water partition coefficient (Wildman–Crippen LogP) is 0.780. The molecule has 0 aliphatic rings. The van der Waals surface area contributed by atoms with Crippen LogP contribution in [-0.2, 0) is 9.59 Å². The summed E-state index contributed by atoms with van der Waals surface area (Å²) in [4.78, 5) is 21.2. The molecule has 0 spiro atoms. The number of rotatable bonds is 5. The van der Waals surface area contributed by atoms with Crippen molar-refractivity contribution in [3.63, 3.8) is 0 Å². The minimum atomic E-state index is -1.12. The van der Waals surface area contributed by atoms with Gasteiger partial charge in [-0.15, -0.1) is 0 Å². The summed E-state index contributed by atoms with van der Waals surface area (Å²) in [6.45, 7) is -0.159. The van der Waals surface area contributed by atoms with E-state index in [9.17, 15) is 9.59 Å². The van der Waals surface area contributed by atoms with E-state index in [0.29, 0.717) is 5.75 Å². The molecule has 1 amide bonds. The molecule has 1 aromatic rings. The minimum Gasteiger partial charge on any atom is -0.484 e. The molecule has 5 nitrogen and oxygen atoms in total. The average Bonchev–Trinajstić information content (AvgIpc) is 2.27. The Morgan fingerprint density at radius 1 is 1.31 bits per heavy atom. The number of hydrogen-bond donors (Lipinski definition) is 2. The van der Waals surface area contributed by atoms with E-state index in [-0.39, 0.29) is 6.61 Å². The van der Waals surface area contributed by atoms with E-state index in [1.807, 2.05) is 6.07 Å². The van der Waals surface area contributed by atoms with Crippen molar-refractivity contribution in [3.05, 3.63) is 42.6 Å². The topological polar surface area (TPSA) is 75.6 Å². The SMILES string of the molecule is O=C(O)C=CNC(=O)COc1ccccc1. The van der Waals surface area contributed by atoms with Crippen LogP contribution < -0.4 is 10.1 Å². The average molecular weight is 221 g/mol. The van der Waals surface area contributed by atoms with E-state index in [0.717, 1.165) is 12.3 Å². The van der Waals surface area contributed by atoms with Gasteiger partial charge < -0.3 is 15.2 Å². The van der Waals surface area contributed by atoms with Gasteiger partial charge in [0, 0.05) is 12.3 Å². The smallest absolute Gasteiger partial charge is 0.329 e. The standard InChI is InChI=1S/C11H11NO4/c13-10(12-7-6-11(14)15)8-16-9-4-2-1-3-5-9/h1-7H,8H2,(H,12,13)(H,14,15). The molecule has 0 aliphatic heterocycles. The number of ether oxygens (including phenoxy) is 1. The number of carbonyl (C=O) groups is 2. The fourth-order valence-electron chi connectivity index (χ4n) is 0.913. The molecule has 0 atom stereocenters. The summed E-state index contributed by atoms with van der Waals surface area (Å²) in [5.74, 6) is -0.953. The summed E-state index contributed by atoms with van der Waals surface area (Å²) >= 11 is 0. The first-order valence-electron chi connectivity index (χ1n) is 4.55. The highest BCUT2D eigenvalue weighted by atomic mass is 16.5. The second-order valence-corrected chi connectivity index (χ2v) is 2.84. The molecular formula is C11H11NO4. The van der Waals surface area contributed by atoms with Crippen LogP contribution in [0.4, 0.5) is 0 Å². The van der Waals surface area contributed by atoms with Crippen LogP contribution in [0.3, 0.4) is 0 Å². The van der Waals surface area contributed by atoms with Crippen molar-refractivity contribution in [2.24, 2.45) is 0 Å². The zero-order valence-electron chi connectivity index (χ0n) is 8.42. The van der Waals surface area contributed by atoms with Gasteiger partial charge in [-0.05, 0) is 12.1 Å². The highest BCUT2D eigenvalue weighted by Gasteiger charge is 1.99. The Labute approximate surface area is 92.3 Å².